The zero-order valence-corrected chi connectivity index (χ0v) is 19.7. The van der Waals surface area contributed by atoms with E-state index < -0.39 is 13.0 Å². The van der Waals surface area contributed by atoms with Crippen molar-refractivity contribution >= 4 is 35.1 Å². The number of aryl methyl sites for hydroxylation is 2. The zero-order valence-electron chi connectivity index (χ0n) is 19.7. The van der Waals surface area contributed by atoms with Crippen LogP contribution in [0.15, 0.2) is 48.7 Å². The summed E-state index contributed by atoms with van der Waals surface area (Å²) in [4.78, 5) is 22.0. The Morgan fingerprint density at radius 3 is 2.69 bits per heavy atom. The van der Waals surface area contributed by atoms with Crippen molar-refractivity contribution in [2.45, 2.75) is 38.6 Å². The Morgan fingerprint density at radius 2 is 1.89 bits per heavy atom. The number of primary amides is 1. The Kier molecular flexibility index (Phi) is 6.28. The minimum atomic E-state index is -1.51. The monoisotopic (exact) mass is 469 g/mol. The highest BCUT2D eigenvalue weighted by molar-refractivity contribution is 6.58. The second-order valence-corrected chi connectivity index (χ2v) is 9.07. The molecule has 9 heteroatoms. The van der Waals surface area contributed by atoms with Gasteiger partial charge in [-0.1, -0.05) is 42.8 Å². The lowest BCUT2D eigenvalue weighted by Crippen LogP contribution is -2.30. The van der Waals surface area contributed by atoms with E-state index in [0.29, 0.717) is 23.4 Å². The van der Waals surface area contributed by atoms with Gasteiger partial charge in [0.1, 0.15) is 5.82 Å². The minimum Gasteiger partial charge on any atom is -0.423 e. The molecular formula is C26H28BN5O3. The molecule has 0 aliphatic heterocycles. The van der Waals surface area contributed by atoms with Crippen LogP contribution < -0.4 is 16.5 Å². The Bertz CT molecular complexity index is 1420. The number of rotatable bonds is 6. The molecule has 0 saturated heterocycles. The van der Waals surface area contributed by atoms with Gasteiger partial charge in [0.2, 0.25) is 5.91 Å². The van der Waals surface area contributed by atoms with E-state index in [2.05, 4.69) is 5.32 Å². The van der Waals surface area contributed by atoms with Crippen LogP contribution in [-0.4, -0.2) is 37.6 Å². The van der Waals surface area contributed by atoms with Crippen LogP contribution in [0.4, 0.5) is 5.82 Å². The van der Waals surface area contributed by atoms with E-state index in [1.165, 1.54) is 0 Å². The average molecular weight is 469 g/mol. The highest BCUT2D eigenvalue weighted by atomic mass is 16.4. The van der Waals surface area contributed by atoms with Crippen LogP contribution >= 0.6 is 0 Å². The molecule has 2 heterocycles. The van der Waals surface area contributed by atoms with Crippen molar-refractivity contribution in [3.05, 3.63) is 71.0 Å². The van der Waals surface area contributed by atoms with Gasteiger partial charge in [-0.25, -0.2) is 9.97 Å². The van der Waals surface area contributed by atoms with Gasteiger partial charge in [-0.05, 0) is 42.8 Å². The lowest BCUT2D eigenvalue weighted by Gasteiger charge is -2.16. The summed E-state index contributed by atoms with van der Waals surface area (Å²) >= 11 is 0. The van der Waals surface area contributed by atoms with Gasteiger partial charge in [0, 0.05) is 47.4 Å². The normalized spacial score (nSPS) is 13.3. The SMILES string of the molecule is Cn1cc2c(C(N)=O)cccc2c1-c1nc2c(c(NCc3cccc(B(O)O)c3)n1)CCCCC2. The molecule has 1 amide bonds. The second kappa shape index (κ2) is 9.52. The van der Waals surface area contributed by atoms with E-state index >= 15 is 0 Å². The van der Waals surface area contributed by atoms with E-state index in [4.69, 9.17) is 15.7 Å². The first kappa shape index (κ1) is 23.1. The Hall–Kier alpha value is -3.69. The van der Waals surface area contributed by atoms with Gasteiger partial charge in [0.25, 0.3) is 0 Å². The van der Waals surface area contributed by atoms with Crippen molar-refractivity contribution in [3.63, 3.8) is 0 Å². The summed E-state index contributed by atoms with van der Waals surface area (Å²) in [5.74, 6) is 0.933. The third-order valence-electron chi connectivity index (χ3n) is 6.66. The van der Waals surface area contributed by atoms with Gasteiger partial charge in [0.15, 0.2) is 5.82 Å². The number of nitrogens with one attached hydrogen (secondary N) is 1. The predicted molar refractivity (Wildman–Crippen MR) is 137 cm³/mol. The van der Waals surface area contributed by atoms with E-state index in [-0.39, 0.29) is 0 Å². The third-order valence-corrected chi connectivity index (χ3v) is 6.66. The molecule has 178 valence electrons. The van der Waals surface area contributed by atoms with Crippen LogP contribution in [0.2, 0.25) is 0 Å². The number of hydrogen-bond acceptors (Lipinski definition) is 6. The molecule has 8 nitrogen and oxygen atoms in total. The Labute approximate surface area is 204 Å². The van der Waals surface area contributed by atoms with Gasteiger partial charge >= 0.3 is 7.12 Å². The first-order valence-electron chi connectivity index (χ1n) is 11.9. The van der Waals surface area contributed by atoms with Crippen molar-refractivity contribution in [3.8, 4) is 11.5 Å². The molecule has 0 fully saturated rings. The molecule has 4 aromatic rings. The number of carbonyl (C=O) groups is 1. The number of carbonyl (C=O) groups excluding carboxylic acids is 1. The van der Waals surface area contributed by atoms with Gasteiger partial charge in [-0.2, -0.15) is 0 Å². The van der Waals surface area contributed by atoms with Crippen LogP contribution in [0.3, 0.4) is 0 Å². The largest absolute Gasteiger partial charge is 0.488 e. The number of nitrogens with zero attached hydrogens (tertiary/aromatic N) is 3. The fourth-order valence-electron chi connectivity index (χ4n) is 4.92. The summed E-state index contributed by atoms with van der Waals surface area (Å²) < 4.78 is 1.95. The van der Waals surface area contributed by atoms with E-state index in [1.54, 1.807) is 18.2 Å². The summed E-state index contributed by atoms with van der Waals surface area (Å²) in [5.41, 5.74) is 10.5. The van der Waals surface area contributed by atoms with Crippen molar-refractivity contribution in [2.24, 2.45) is 12.8 Å². The molecule has 5 rings (SSSR count). The van der Waals surface area contributed by atoms with Crippen LogP contribution in [0.25, 0.3) is 22.3 Å². The maximum absolute atomic E-state index is 12.0. The maximum atomic E-state index is 12.0. The third kappa shape index (κ3) is 4.52. The fourth-order valence-corrected chi connectivity index (χ4v) is 4.92. The van der Waals surface area contributed by atoms with Crippen molar-refractivity contribution in [1.29, 1.82) is 0 Å². The highest BCUT2D eigenvalue weighted by Crippen LogP contribution is 2.33. The van der Waals surface area contributed by atoms with Crippen LogP contribution in [0, 0.1) is 0 Å². The fraction of sp³-hybridized carbons (Fsp3) is 0.269. The molecule has 0 saturated carbocycles. The number of anilines is 1. The van der Waals surface area contributed by atoms with Gasteiger partial charge in [0.05, 0.1) is 5.69 Å². The lowest BCUT2D eigenvalue weighted by atomic mass is 9.79. The first-order valence-corrected chi connectivity index (χ1v) is 11.9. The van der Waals surface area contributed by atoms with Gasteiger partial charge in [-0.3, -0.25) is 4.79 Å². The molecular weight excluding hydrogens is 441 g/mol. The minimum absolute atomic E-state index is 0.451. The highest BCUT2D eigenvalue weighted by Gasteiger charge is 2.22. The maximum Gasteiger partial charge on any atom is 0.488 e. The molecule has 2 aromatic carbocycles. The molecule has 35 heavy (non-hydrogen) atoms. The zero-order chi connectivity index (χ0) is 24.5. The van der Waals surface area contributed by atoms with E-state index in [1.807, 2.05) is 42.1 Å². The number of benzene rings is 2. The number of amides is 1. The van der Waals surface area contributed by atoms with Gasteiger partial charge < -0.3 is 25.7 Å². The standard InChI is InChI=1S/C26H28BN5O3/c1-32-15-21-18(10-6-11-19(21)24(28)33)23(32)26-30-22-12-4-2-3-9-20(22)25(31-26)29-14-16-7-5-8-17(13-16)27(34)35/h5-8,10-11,13,15,34-35H,2-4,9,12,14H2,1H3,(H2,28,33)(H,29,30,31). The molecule has 0 bridgehead atoms. The van der Waals surface area contributed by atoms with E-state index in [0.717, 1.165) is 71.2 Å². The first-order chi connectivity index (χ1) is 16.9. The Morgan fingerprint density at radius 1 is 1.09 bits per heavy atom. The molecule has 0 spiro atoms. The molecule has 0 atom stereocenters. The summed E-state index contributed by atoms with van der Waals surface area (Å²) in [5, 5.41) is 24.2. The molecule has 1 aliphatic carbocycles. The molecule has 5 N–H and O–H groups in total. The van der Waals surface area contributed by atoms with E-state index in [9.17, 15) is 14.8 Å². The topological polar surface area (TPSA) is 126 Å². The molecule has 2 aromatic heterocycles. The second-order valence-electron chi connectivity index (χ2n) is 9.07. The van der Waals surface area contributed by atoms with Crippen LogP contribution in [-0.2, 0) is 26.4 Å². The van der Waals surface area contributed by atoms with Crippen molar-refractivity contribution in [1.82, 2.24) is 14.5 Å². The molecule has 0 radical (unpaired) electrons. The summed E-state index contributed by atoms with van der Waals surface area (Å²) in [6.45, 7) is 0.489. The smallest absolute Gasteiger partial charge is 0.423 e. The van der Waals surface area contributed by atoms with Crippen molar-refractivity contribution < 1.29 is 14.8 Å². The number of hydrogen-bond donors (Lipinski definition) is 4. The van der Waals surface area contributed by atoms with Crippen LogP contribution in [0.5, 0.6) is 0 Å². The number of nitrogens with two attached hydrogens (primary N) is 1. The summed E-state index contributed by atoms with van der Waals surface area (Å²) in [6.07, 6.45) is 7.02. The lowest BCUT2D eigenvalue weighted by molar-refractivity contribution is 0.100. The molecule has 1 aliphatic rings. The van der Waals surface area contributed by atoms with Crippen LogP contribution in [0.1, 0.15) is 46.4 Å². The molecule has 0 unspecified atom stereocenters. The summed E-state index contributed by atoms with van der Waals surface area (Å²) in [7, 11) is 0.418. The Balaban J connectivity index is 1.59. The summed E-state index contributed by atoms with van der Waals surface area (Å²) in [6, 6.07) is 12.7. The number of aromatic nitrogens is 3. The van der Waals surface area contributed by atoms with Gasteiger partial charge in [-0.15, -0.1) is 0 Å². The van der Waals surface area contributed by atoms with Crippen molar-refractivity contribution in [2.75, 3.05) is 5.32 Å². The number of fused-ring (bicyclic) bond motifs is 2. The average Bonchev–Trinajstić information content (AvgIpc) is 3.00. The quantitative estimate of drug-likeness (QED) is 0.254. The predicted octanol–water partition coefficient (Wildman–Crippen LogP) is 2.29.